The molecule has 2 saturated heterocycles. The number of nitrogens with zero attached hydrogens (tertiary/aromatic N) is 6. The van der Waals surface area contributed by atoms with Gasteiger partial charge in [0, 0.05) is 49.0 Å². The monoisotopic (exact) mass is 672 g/mol. The molecule has 4 aliphatic heterocycles. The van der Waals surface area contributed by atoms with E-state index in [9.17, 15) is 14.7 Å². The zero-order valence-corrected chi connectivity index (χ0v) is 27.7. The number of amides is 1. The molecule has 1 amide bonds. The number of aliphatic carboxylic acids is 1. The number of anilines is 1. The fourth-order valence-corrected chi connectivity index (χ4v) is 7.69. The SMILES string of the molecule is Cc1ccc2c(c1)oc1c3nc(nc12)CCCCOCC(=O)N1CC[C@@H]([C@@H](C)C1)n1c(nc2cc(Cl)ccc21)O[C@H]1C[C@@H](C(=O)O)N3C1. The highest BCUT2D eigenvalue weighted by Gasteiger charge is 2.42. The Balaban J connectivity index is 1.23. The first-order valence-electron chi connectivity index (χ1n) is 16.6. The van der Waals surface area contributed by atoms with E-state index in [-0.39, 0.29) is 37.4 Å². The van der Waals surface area contributed by atoms with Crippen LogP contribution >= 0.6 is 11.6 Å². The van der Waals surface area contributed by atoms with E-state index in [1.54, 1.807) is 4.90 Å². The number of aryl methyl sites for hydroxylation is 2. The number of furan rings is 1. The molecule has 48 heavy (non-hydrogen) atoms. The fourth-order valence-electron chi connectivity index (χ4n) is 7.52. The standard InChI is InChI=1S/C35H37ClN6O6/c1-19-6-8-23-28(13-19)48-32-31(23)38-29-5-3-4-12-46-18-30(43)40-11-10-25(20(2)16-40)42-26-9-7-21(36)14-24(26)37-35(42)47-22-15-27(34(44)45)41(17-22)33(32)39-29/h6-9,13-14,20,22,25,27H,3-5,10-12,15-18H2,1-2H3,(H,44,45)/t20-,22-,25-,27-/m0/s1. The number of carboxylic acids is 1. The summed E-state index contributed by atoms with van der Waals surface area (Å²) in [5.74, 6) is 0.151. The molecular weight excluding hydrogens is 636 g/mol. The molecule has 2 fully saturated rings. The van der Waals surface area contributed by atoms with E-state index in [0.29, 0.717) is 77.4 Å². The molecule has 7 heterocycles. The minimum absolute atomic E-state index is 0.00225. The van der Waals surface area contributed by atoms with Crippen LogP contribution in [0.5, 0.6) is 6.01 Å². The van der Waals surface area contributed by atoms with Crippen molar-refractivity contribution in [3.8, 4) is 6.01 Å². The van der Waals surface area contributed by atoms with Gasteiger partial charge < -0.3 is 28.8 Å². The fraction of sp³-hybridized carbons (Fsp3) is 0.457. The highest BCUT2D eigenvalue weighted by Crippen LogP contribution is 2.40. The highest BCUT2D eigenvalue weighted by molar-refractivity contribution is 6.31. The van der Waals surface area contributed by atoms with Crippen LogP contribution in [0.2, 0.25) is 5.02 Å². The third-order valence-corrected chi connectivity index (χ3v) is 10.2. The summed E-state index contributed by atoms with van der Waals surface area (Å²) in [6, 6.07) is 11.0. The molecule has 2 aromatic carbocycles. The Morgan fingerprint density at radius 2 is 1.96 bits per heavy atom. The van der Waals surface area contributed by atoms with E-state index in [2.05, 4.69) is 11.5 Å². The summed E-state index contributed by atoms with van der Waals surface area (Å²) >= 11 is 6.38. The smallest absolute Gasteiger partial charge is 0.326 e. The summed E-state index contributed by atoms with van der Waals surface area (Å²) in [5.41, 5.74) is 4.39. The number of carboxylic acid groups (broad SMARTS) is 1. The van der Waals surface area contributed by atoms with Gasteiger partial charge in [-0.2, -0.15) is 4.98 Å². The van der Waals surface area contributed by atoms with Gasteiger partial charge in [-0.25, -0.2) is 14.8 Å². The molecule has 9 rings (SSSR count). The van der Waals surface area contributed by atoms with E-state index in [4.69, 9.17) is 40.4 Å². The van der Waals surface area contributed by atoms with Crippen molar-refractivity contribution in [2.45, 2.75) is 64.1 Å². The molecule has 250 valence electrons. The third-order valence-electron chi connectivity index (χ3n) is 9.92. The van der Waals surface area contributed by atoms with Crippen molar-refractivity contribution in [2.75, 3.05) is 37.7 Å². The second-order valence-electron chi connectivity index (χ2n) is 13.3. The first-order valence-corrected chi connectivity index (χ1v) is 17.0. The number of halogens is 1. The van der Waals surface area contributed by atoms with Crippen molar-refractivity contribution in [3.05, 3.63) is 52.8 Å². The number of hydrogen-bond acceptors (Lipinski definition) is 9. The van der Waals surface area contributed by atoms with Crippen LogP contribution in [0.3, 0.4) is 0 Å². The predicted molar refractivity (Wildman–Crippen MR) is 180 cm³/mol. The summed E-state index contributed by atoms with van der Waals surface area (Å²) in [4.78, 5) is 44.3. The van der Waals surface area contributed by atoms with Crippen molar-refractivity contribution in [3.63, 3.8) is 0 Å². The first-order chi connectivity index (χ1) is 23.2. The Bertz CT molecular complexity index is 2060. The maximum Gasteiger partial charge on any atom is 0.326 e. The lowest BCUT2D eigenvalue weighted by Crippen LogP contribution is -2.45. The van der Waals surface area contributed by atoms with Crippen LogP contribution in [-0.2, 0) is 20.7 Å². The summed E-state index contributed by atoms with van der Waals surface area (Å²) < 4.78 is 21.0. The second kappa shape index (κ2) is 12.2. The van der Waals surface area contributed by atoms with Crippen LogP contribution in [0, 0.1) is 12.8 Å². The number of rotatable bonds is 1. The molecule has 1 N–H and O–H groups in total. The van der Waals surface area contributed by atoms with Gasteiger partial charge in [0.2, 0.25) is 5.91 Å². The average molecular weight is 673 g/mol. The van der Waals surface area contributed by atoms with Gasteiger partial charge in [-0.1, -0.05) is 24.6 Å². The molecule has 4 aliphatic rings. The Hall–Kier alpha value is -4.42. The molecule has 5 aromatic rings. The largest absolute Gasteiger partial charge is 0.480 e. The van der Waals surface area contributed by atoms with Crippen LogP contribution in [0.1, 0.15) is 50.0 Å². The maximum atomic E-state index is 13.1. The Labute approximate surface area is 281 Å². The normalized spacial score (nSPS) is 23.9. The van der Waals surface area contributed by atoms with Gasteiger partial charge in [-0.3, -0.25) is 9.36 Å². The number of piperidine rings is 1. The zero-order valence-electron chi connectivity index (χ0n) is 26.9. The lowest BCUT2D eigenvalue weighted by Gasteiger charge is -2.38. The number of hydrogen-bond donors (Lipinski definition) is 1. The number of benzene rings is 2. The number of fused-ring (bicyclic) bond motifs is 12. The van der Waals surface area contributed by atoms with Crippen LogP contribution in [0.4, 0.5) is 5.82 Å². The maximum absolute atomic E-state index is 13.1. The molecular formula is C35H37ClN6O6. The third kappa shape index (κ3) is 5.50. The van der Waals surface area contributed by atoms with Crippen LogP contribution in [0.25, 0.3) is 33.1 Å². The number of carbonyl (C=O) groups excluding carboxylic acids is 1. The van der Waals surface area contributed by atoms with Crippen LogP contribution in [-0.4, -0.2) is 86.4 Å². The van der Waals surface area contributed by atoms with Gasteiger partial charge >= 0.3 is 5.97 Å². The molecule has 0 radical (unpaired) electrons. The molecule has 0 saturated carbocycles. The van der Waals surface area contributed by atoms with Crippen molar-refractivity contribution >= 4 is 62.4 Å². The van der Waals surface area contributed by atoms with E-state index in [1.807, 2.05) is 48.2 Å². The summed E-state index contributed by atoms with van der Waals surface area (Å²) in [6.07, 6.45) is 2.45. The van der Waals surface area contributed by atoms with Gasteiger partial charge in [0.25, 0.3) is 6.01 Å². The van der Waals surface area contributed by atoms with E-state index in [1.165, 1.54) is 0 Å². The van der Waals surface area contributed by atoms with E-state index < -0.39 is 18.1 Å². The molecule has 0 unspecified atom stereocenters. The lowest BCUT2D eigenvalue weighted by molar-refractivity contribution is -0.139. The van der Waals surface area contributed by atoms with Crippen molar-refractivity contribution < 1.29 is 28.6 Å². The van der Waals surface area contributed by atoms with E-state index >= 15 is 0 Å². The topological polar surface area (TPSA) is 136 Å². The minimum Gasteiger partial charge on any atom is -0.480 e. The van der Waals surface area contributed by atoms with Crippen molar-refractivity contribution in [1.82, 2.24) is 24.4 Å². The highest BCUT2D eigenvalue weighted by atomic mass is 35.5. The zero-order chi connectivity index (χ0) is 33.1. The van der Waals surface area contributed by atoms with Crippen molar-refractivity contribution in [1.29, 1.82) is 0 Å². The van der Waals surface area contributed by atoms with Gasteiger partial charge in [-0.05, 0) is 68.0 Å². The molecule has 12 nitrogen and oxygen atoms in total. The van der Waals surface area contributed by atoms with Gasteiger partial charge in [0.1, 0.15) is 35.7 Å². The number of carbonyl (C=O) groups is 2. The molecule has 6 bridgehead atoms. The average Bonchev–Trinajstić information content (AvgIpc) is 3.74. The van der Waals surface area contributed by atoms with Gasteiger partial charge in [0.15, 0.2) is 11.4 Å². The molecule has 3 aromatic heterocycles. The molecule has 13 heteroatoms. The molecule has 4 atom stereocenters. The molecule has 0 spiro atoms. The summed E-state index contributed by atoms with van der Waals surface area (Å²) in [6.45, 7) is 6.04. The predicted octanol–water partition coefficient (Wildman–Crippen LogP) is 5.56. The van der Waals surface area contributed by atoms with Crippen LogP contribution < -0.4 is 9.64 Å². The van der Waals surface area contributed by atoms with Gasteiger partial charge in [0.05, 0.1) is 17.6 Å². The quantitative estimate of drug-likeness (QED) is 0.241. The summed E-state index contributed by atoms with van der Waals surface area (Å²) in [7, 11) is 0. The summed E-state index contributed by atoms with van der Waals surface area (Å²) in [5, 5.41) is 11.9. The Morgan fingerprint density at radius 1 is 1.08 bits per heavy atom. The Morgan fingerprint density at radius 3 is 2.79 bits per heavy atom. The number of ether oxygens (including phenoxy) is 2. The van der Waals surface area contributed by atoms with Crippen molar-refractivity contribution in [2.24, 2.45) is 5.92 Å². The van der Waals surface area contributed by atoms with E-state index in [0.717, 1.165) is 29.3 Å². The lowest BCUT2D eigenvalue weighted by atomic mass is 9.93. The minimum atomic E-state index is -0.970. The number of aromatic nitrogens is 4. The number of imidazole rings is 1. The second-order valence-corrected chi connectivity index (χ2v) is 13.7. The first kappa shape index (κ1) is 30.9. The van der Waals surface area contributed by atoms with Gasteiger partial charge in [-0.15, -0.1) is 0 Å². The Kier molecular flexibility index (Phi) is 7.87. The molecule has 0 aliphatic carbocycles. The van der Waals surface area contributed by atoms with Crippen LogP contribution in [0.15, 0.2) is 40.8 Å².